The van der Waals surface area contributed by atoms with Gasteiger partial charge in [-0.05, 0) is 25.5 Å². The van der Waals surface area contributed by atoms with Crippen molar-refractivity contribution in [2.45, 2.75) is 19.3 Å². The van der Waals surface area contributed by atoms with Gasteiger partial charge in [0.25, 0.3) is 0 Å². The topological polar surface area (TPSA) is 43.3 Å². The Morgan fingerprint density at radius 3 is 2.79 bits per heavy atom. The molecule has 0 spiro atoms. The van der Waals surface area contributed by atoms with E-state index in [1.165, 1.54) is 11.1 Å². The number of fused-ring (bicyclic) bond motifs is 1. The first kappa shape index (κ1) is 12.4. The zero-order valence-electron chi connectivity index (χ0n) is 10.9. The molecule has 4 heteroatoms. The minimum Gasteiger partial charge on any atom is -0.330 e. The third kappa shape index (κ3) is 2.55. The van der Waals surface area contributed by atoms with Crippen molar-refractivity contribution >= 4 is 16.3 Å². The van der Waals surface area contributed by atoms with E-state index in [1.54, 1.807) is 11.3 Å². The molecule has 3 nitrogen and oxygen atoms in total. The molecule has 0 amide bonds. The first-order valence-corrected chi connectivity index (χ1v) is 7.32. The van der Waals surface area contributed by atoms with E-state index >= 15 is 0 Å². The normalized spacial score (nSPS) is 12.9. The number of nitrogens with zero attached hydrogens (tertiary/aromatic N) is 2. The van der Waals surface area contributed by atoms with Crippen molar-refractivity contribution in [2.75, 3.05) is 6.54 Å². The summed E-state index contributed by atoms with van der Waals surface area (Å²) in [7, 11) is 0. The summed E-state index contributed by atoms with van der Waals surface area (Å²) in [5, 5.41) is 2.05. The molecule has 0 saturated heterocycles. The second-order valence-corrected chi connectivity index (χ2v) is 5.75. The number of aryl methyl sites for hydroxylation is 1. The fraction of sp³-hybridized carbons (Fsp3) is 0.267. The van der Waals surface area contributed by atoms with E-state index < -0.39 is 0 Å². The van der Waals surface area contributed by atoms with Gasteiger partial charge in [-0.15, -0.1) is 11.3 Å². The summed E-state index contributed by atoms with van der Waals surface area (Å²) >= 11 is 1.66. The second kappa shape index (κ2) is 5.15. The third-order valence-corrected chi connectivity index (χ3v) is 4.20. The van der Waals surface area contributed by atoms with Crippen LogP contribution in [-0.2, 0) is 6.42 Å². The van der Waals surface area contributed by atoms with Gasteiger partial charge in [0.2, 0.25) is 0 Å². The van der Waals surface area contributed by atoms with E-state index in [4.69, 9.17) is 5.73 Å². The number of hydrogen-bond donors (Lipinski definition) is 1. The van der Waals surface area contributed by atoms with Gasteiger partial charge in [-0.3, -0.25) is 4.40 Å². The largest absolute Gasteiger partial charge is 0.330 e. The molecular weight excluding hydrogens is 254 g/mol. The molecule has 1 atom stereocenters. The Kier molecular flexibility index (Phi) is 3.36. The van der Waals surface area contributed by atoms with Gasteiger partial charge >= 0.3 is 0 Å². The first-order chi connectivity index (χ1) is 9.26. The maximum absolute atomic E-state index is 5.93. The van der Waals surface area contributed by atoms with Crippen LogP contribution in [0.5, 0.6) is 0 Å². The minimum atomic E-state index is 0.338. The van der Waals surface area contributed by atoms with Gasteiger partial charge in [0.15, 0.2) is 4.96 Å². The quantitative estimate of drug-likeness (QED) is 0.792. The molecule has 19 heavy (non-hydrogen) atoms. The molecule has 0 radical (unpaired) electrons. The molecule has 98 valence electrons. The highest BCUT2D eigenvalue weighted by Crippen LogP contribution is 2.21. The Balaban J connectivity index is 1.83. The van der Waals surface area contributed by atoms with Crippen LogP contribution in [-0.4, -0.2) is 15.9 Å². The van der Waals surface area contributed by atoms with Gasteiger partial charge in [-0.1, -0.05) is 29.8 Å². The summed E-state index contributed by atoms with van der Waals surface area (Å²) in [6.45, 7) is 2.75. The highest BCUT2D eigenvalue weighted by atomic mass is 32.1. The van der Waals surface area contributed by atoms with E-state index in [1.807, 2.05) is 11.6 Å². The fourth-order valence-corrected chi connectivity index (χ4v) is 3.02. The van der Waals surface area contributed by atoms with E-state index in [0.29, 0.717) is 12.5 Å². The van der Waals surface area contributed by atoms with Crippen LogP contribution in [0.15, 0.2) is 42.0 Å². The molecule has 2 N–H and O–H groups in total. The summed E-state index contributed by atoms with van der Waals surface area (Å²) in [5.74, 6) is 0.338. The number of thiazole rings is 1. The lowest BCUT2D eigenvalue weighted by molar-refractivity contribution is 0.684. The molecule has 3 aromatic rings. The van der Waals surface area contributed by atoms with E-state index in [9.17, 15) is 0 Å². The summed E-state index contributed by atoms with van der Waals surface area (Å²) in [4.78, 5) is 5.68. The Morgan fingerprint density at radius 2 is 2.11 bits per heavy atom. The lowest BCUT2D eigenvalue weighted by atomic mass is 9.94. The van der Waals surface area contributed by atoms with E-state index in [2.05, 4.69) is 46.8 Å². The van der Waals surface area contributed by atoms with Crippen LogP contribution in [0.2, 0.25) is 0 Å². The van der Waals surface area contributed by atoms with Crippen molar-refractivity contribution in [1.29, 1.82) is 0 Å². The Bertz CT molecular complexity index is 638. The van der Waals surface area contributed by atoms with Crippen LogP contribution >= 0.6 is 11.3 Å². The zero-order valence-corrected chi connectivity index (χ0v) is 11.7. The SMILES string of the molecule is Cc1ccc(C(CN)Cc2cn3ccsc3n2)cc1. The molecule has 0 aliphatic rings. The molecule has 0 saturated carbocycles. The number of aromatic nitrogens is 2. The summed E-state index contributed by atoms with van der Waals surface area (Å²) < 4.78 is 2.07. The summed E-state index contributed by atoms with van der Waals surface area (Å²) in [5.41, 5.74) is 9.62. The third-order valence-electron chi connectivity index (χ3n) is 3.43. The van der Waals surface area contributed by atoms with Crippen LogP contribution in [0.3, 0.4) is 0 Å². The van der Waals surface area contributed by atoms with Crippen LogP contribution in [0.4, 0.5) is 0 Å². The number of nitrogens with two attached hydrogens (primary N) is 1. The Labute approximate surface area is 116 Å². The predicted molar refractivity (Wildman–Crippen MR) is 79.7 cm³/mol. The van der Waals surface area contributed by atoms with Gasteiger partial charge in [0.1, 0.15) is 0 Å². The second-order valence-electron chi connectivity index (χ2n) is 4.87. The smallest absolute Gasteiger partial charge is 0.193 e. The van der Waals surface area contributed by atoms with Crippen LogP contribution in [0, 0.1) is 6.92 Å². The van der Waals surface area contributed by atoms with Gasteiger partial charge in [0, 0.05) is 23.7 Å². The molecule has 3 rings (SSSR count). The predicted octanol–water partition coefficient (Wildman–Crippen LogP) is 2.99. The lowest BCUT2D eigenvalue weighted by Crippen LogP contribution is -2.15. The van der Waals surface area contributed by atoms with Crippen LogP contribution in [0.1, 0.15) is 22.7 Å². The van der Waals surface area contributed by atoms with Gasteiger partial charge in [-0.25, -0.2) is 4.98 Å². The van der Waals surface area contributed by atoms with Crippen molar-refractivity contribution in [3.8, 4) is 0 Å². The number of hydrogen-bond acceptors (Lipinski definition) is 3. The molecule has 2 heterocycles. The molecule has 1 aromatic carbocycles. The molecule has 0 aliphatic heterocycles. The average molecular weight is 271 g/mol. The maximum atomic E-state index is 5.93. The maximum Gasteiger partial charge on any atom is 0.193 e. The van der Waals surface area contributed by atoms with Crippen LogP contribution in [0.25, 0.3) is 4.96 Å². The van der Waals surface area contributed by atoms with Crippen molar-refractivity contribution in [3.05, 3.63) is 58.9 Å². The average Bonchev–Trinajstić information content (AvgIpc) is 2.98. The van der Waals surface area contributed by atoms with Crippen molar-refractivity contribution in [2.24, 2.45) is 5.73 Å². The van der Waals surface area contributed by atoms with Crippen molar-refractivity contribution in [3.63, 3.8) is 0 Å². The molecule has 0 aliphatic carbocycles. The van der Waals surface area contributed by atoms with Crippen LogP contribution < -0.4 is 5.73 Å². The summed E-state index contributed by atoms with van der Waals surface area (Å²) in [6.07, 6.45) is 5.04. The monoisotopic (exact) mass is 271 g/mol. The lowest BCUT2D eigenvalue weighted by Gasteiger charge is -2.14. The van der Waals surface area contributed by atoms with Gasteiger partial charge in [0.05, 0.1) is 5.69 Å². The zero-order chi connectivity index (χ0) is 13.2. The fourth-order valence-electron chi connectivity index (χ4n) is 2.30. The summed E-state index contributed by atoms with van der Waals surface area (Å²) in [6, 6.07) is 8.63. The van der Waals surface area contributed by atoms with Crippen molar-refractivity contribution in [1.82, 2.24) is 9.38 Å². The number of imidazole rings is 1. The molecule has 2 aromatic heterocycles. The number of rotatable bonds is 4. The highest BCUT2D eigenvalue weighted by Gasteiger charge is 2.13. The van der Waals surface area contributed by atoms with E-state index in [0.717, 1.165) is 17.1 Å². The first-order valence-electron chi connectivity index (χ1n) is 6.44. The van der Waals surface area contributed by atoms with Crippen molar-refractivity contribution < 1.29 is 0 Å². The van der Waals surface area contributed by atoms with Gasteiger partial charge < -0.3 is 5.73 Å². The minimum absolute atomic E-state index is 0.338. The van der Waals surface area contributed by atoms with Gasteiger partial charge in [-0.2, -0.15) is 0 Å². The molecular formula is C15H17N3S. The molecule has 0 bridgehead atoms. The number of benzene rings is 1. The highest BCUT2D eigenvalue weighted by molar-refractivity contribution is 7.15. The molecule has 0 fully saturated rings. The molecule has 1 unspecified atom stereocenters. The standard InChI is InChI=1S/C15H17N3S/c1-11-2-4-12(5-3-11)13(9-16)8-14-10-18-6-7-19-15(18)17-14/h2-7,10,13H,8-9,16H2,1H3. The Hall–Kier alpha value is -1.65. The van der Waals surface area contributed by atoms with E-state index in [-0.39, 0.29) is 0 Å². The Morgan fingerprint density at radius 1 is 1.32 bits per heavy atom.